The summed E-state index contributed by atoms with van der Waals surface area (Å²) in [6.45, 7) is 6.56. The van der Waals surface area contributed by atoms with Crippen LogP contribution < -0.4 is 0 Å². The van der Waals surface area contributed by atoms with Gasteiger partial charge in [-0.2, -0.15) is 5.10 Å². The highest BCUT2D eigenvalue weighted by atomic mass is 16.6. The molecule has 5 nitrogen and oxygen atoms in total. The van der Waals surface area contributed by atoms with Gasteiger partial charge in [0, 0.05) is 17.2 Å². The second kappa shape index (κ2) is 5.83. The molecule has 2 heterocycles. The number of carbonyl (C=O) groups excluding carboxylic acids is 1. The van der Waals surface area contributed by atoms with Gasteiger partial charge in [-0.1, -0.05) is 51.1 Å². The second-order valence-electron chi connectivity index (χ2n) is 6.54. The van der Waals surface area contributed by atoms with Crippen LogP contribution in [0.5, 0.6) is 0 Å². The zero-order valence-corrected chi connectivity index (χ0v) is 13.5. The summed E-state index contributed by atoms with van der Waals surface area (Å²) in [5.41, 5.74) is 2.02. The second-order valence-corrected chi connectivity index (χ2v) is 6.54. The minimum atomic E-state index is -0.411. The van der Waals surface area contributed by atoms with Crippen molar-refractivity contribution in [3.8, 4) is 0 Å². The average molecular weight is 309 g/mol. The smallest absolute Gasteiger partial charge is 0.363 e. The monoisotopic (exact) mass is 309 g/mol. The Morgan fingerprint density at radius 1 is 1.22 bits per heavy atom. The number of ether oxygens (including phenoxy) is 1. The third-order valence-corrected chi connectivity index (χ3v) is 3.41. The molecular weight excluding hydrogens is 290 g/mol. The number of nitrogens with zero attached hydrogens (tertiary/aromatic N) is 3. The number of carbonyl (C=O) groups is 1. The van der Waals surface area contributed by atoms with Gasteiger partial charge in [0.25, 0.3) is 0 Å². The predicted octanol–water partition coefficient (Wildman–Crippen LogP) is 3.27. The summed E-state index contributed by atoms with van der Waals surface area (Å²) in [6.07, 6.45) is 5.31. The quantitative estimate of drug-likeness (QED) is 0.646. The van der Waals surface area contributed by atoms with Crippen molar-refractivity contribution >= 4 is 17.9 Å². The number of aliphatic imine (C=N–C) groups is 1. The van der Waals surface area contributed by atoms with Crippen molar-refractivity contribution in [2.24, 2.45) is 10.4 Å². The summed E-state index contributed by atoms with van der Waals surface area (Å²) in [5.74, 6) is 0.0381. The number of esters is 1. The van der Waals surface area contributed by atoms with Crippen LogP contribution in [0.1, 0.15) is 31.9 Å². The maximum Gasteiger partial charge on any atom is 0.363 e. The normalized spacial score (nSPS) is 16.6. The van der Waals surface area contributed by atoms with Gasteiger partial charge in [-0.25, -0.2) is 9.79 Å². The lowest BCUT2D eigenvalue weighted by atomic mass is 9.97. The Bertz CT molecular complexity index is 780. The molecule has 2 aromatic rings. The van der Waals surface area contributed by atoms with Crippen LogP contribution in [0.4, 0.5) is 0 Å². The average Bonchev–Trinajstić information content (AvgIpc) is 3.08. The van der Waals surface area contributed by atoms with Gasteiger partial charge in [0.2, 0.25) is 5.90 Å². The summed E-state index contributed by atoms with van der Waals surface area (Å²) < 4.78 is 7.06. The summed E-state index contributed by atoms with van der Waals surface area (Å²) >= 11 is 0. The molecule has 0 spiro atoms. The molecule has 0 fully saturated rings. The molecule has 0 atom stereocenters. The number of cyclic esters (lactones) is 1. The van der Waals surface area contributed by atoms with Crippen LogP contribution in [0.15, 0.2) is 53.4 Å². The molecule has 0 saturated carbocycles. The van der Waals surface area contributed by atoms with Crippen molar-refractivity contribution in [3.05, 3.63) is 59.5 Å². The Morgan fingerprint density at radius 2 is 1.96 bits per heavy atom. The van der Waals surface area contributed by atoms with Crippen molar-refractivity contribution in [2.75, 3.05) is 0 Å². The number of hydrogen-bond acceptors (Lipinski definition) is 4. The van der Waals surface area contributed by atoms with Gasteiger partial charge < -0.3 is 4.74 Å². The number of benzene rings is 1. The van der Waals surface area contributed by atoms with E-state index in [9.17, 15) is 4.79 Å². The van der Waals surface area contributed by atoms with Gasteiger partial charge in [0.05, 0.1) is 12.7 Å². The van der Waals surface area contributed by atoms with Crippen LogP contribution in [0.2, 0.25) is 0 Å². The summed E-state index contributed by atoms with van der Waals surface area (Å²) in [5, 5.41) is 4.32. The molecule has 0 saturated heterocycles. The topological polar surface area (TPSA) is 56.5 Å². The zero-order chi connectivity index (χ0) is 16.4. The molecule has 118 valence electrons. The van der Waals surface area contributed by atoms with Crippen LogP contribution in [0.3, 0.4) is 0 Å². The molecule has 1 aliphatic rings. The molecule has 1 aromatic heterocycles. The number of rotatable bonds is 3. The maximum atomic E-state index is 11.9. The molecule has 5 heteroatoms. The molecule has 3 rings (SSSR count). The van der Waals surface area contributed by atoms with Crippen LogP contribution >= 0.6 is 0 Å². The minimum Gasteiger partial charge on any atom is -0.406 e. The first-order chi connectivity index (χ1) is 10.9. The first-order valence-electron chi connectivity index (χ1n) is 7.51. The van der Waals surface area contributed by atoms with Crippen molar-refractivity contribution < 1.29 is 9.53 Å². The van der Waals surface area contributed by atoms with Crippen LogP contribution in [-0.4, -0.2) is 21.6 Å². The lowest BCUT2D eigenvalue weighted by Gasteiger charge is -2.15. The first-order valence-corrected chi connectivity index (χ1v) is 7.51. The Labute approximate surface area is 135 Å². The molecule has 0 unspecified atom stereocenters. The highest BCUT2D eigenvalue weighted by Gasteiger charge is 2.31. The third kappa shape index (κ3) is 3.56. The van der Waals surface area contributed by atoms with Crippen LogP contribution in [0.25, 0.3) is 6.08 Å². The van der Waals surface area contributed by atoms with E-state index in [4.69, 9.17) is 4.74 Å². The fourth-order valence-electron chi connectivity index (χ4n) is 2.20. The molecule has 1 aromatic carbocycles. The van der Waals surface area contributed by atoms with Gasteiger partial charge in [0.15, 0.2) is 5.70 Å². The maximum absolute atomic E-state index is 11.9. The minimum absolute atomic E-state index is 0.289. The van der Waals surface area contributed by atoms with Gasteiger partial charge in [-0.15, -0.1) is 0 Å². The number of aromatic nitrogens is 2. The van der Waals surface area contributed by atoms with E-state index in [1.54, 1.807) is 12.3 Å². The molecule has 1 aliphatic heterocycles. The van der Waals surface area contributed by atoms with Gasteiger partial charge in [0.1, 0.15) is 0 Å². The Kier molecular flexibility index (Phi) is 3.86. The first kappa shape index (κ1) is 15.2. The SMILES string of the molecule is CC(C)(C)C1=N/C(=C\c2cnn(Cc3ccccc3)c2)C(=O)O1. The third-order valence-electron chi connectivity index (χ3n) is 3.41. The van der Waals surface area contributed by atoms with E-state index >= 15 is 0 Å². The summed E-state index contributed by atoms with van der Waals surface area (Å²) in [7, 11) is 0. The van der Waals surface area contributed by atoms with Crippen LogP contribution in [0, 0.1) is 5.41 Å². The molecular formula is C18H19N3O2. The molecule has 0 amide bonds. The van der Waals surface area contributed by atoms with Crippen molar-refractivity contribution in [1.29, 1.82) is 0 Å². The fourth-order valence-corrected chi connectivity index (χ4v) is 2.20. The van der Waals surface area contributed by atoms with Crippen molar-refractivity contribution in [1.82, 2.24) is 9.78 Å². The van der Waals surface area contributed by atoms with Gasteiger partial charge >= 0.3 is 5.97 Å². The fraction of sp³-hybridized carbons (Fsp3) is 0.278. The van der Waals surface area contributed by atoms with E-state index in [1.165, 1.54) is 5.56 Å². The standard InChI is InChI=1S/C18H19N3O2/c1-18(2,3)17-20-15(16(22)23-17)9-14-10-19-21(12-14)11-13-7-5-4-6-8-13/h4-10,12H,11H2,1-3H3/b15-9-. The molecule has 0 bridgehead atoms. The van der Waals surface area contributed by atoms with E-state index in [0.29, 0.717) is 18.1 Å². The zero-order valence-electron chi connectivity index (χ0n) is 13.5. The lowest BCUT2D eigenvalue weighted by molar-refractivity contribution is -0.130. The van der Waals surface area contributed by atoms with Gasteiger partial charge in [-0.05, 0) is 11.6 Å². The van der Waals surface area contributed by atoms with Gasteiger partial charge in [-0.3, -0.25) is 4.68 Å². The Morgan fingerprint density at radius 3 is 2.61 bits per heavy atom. The largest absolute Gasteiger partial charge is 0.406 e. The van der Waals surface area contributed by atoms with E-state index < -0.39 is 5.97 Å². The molecule has 23 heavy (non-hydrogen) atoms. The Balaban J connectivity index is 1.79. The highest BCUT2D eigenvalue weighted by Crippen LogP contribution is 2.25. The molecule has 0 radical (unpaired) electrons. The van der Waals surface area contributed by atoms with E-state index in [-0.39, 0.29) is 5.41 Å². The highest BCUT2D eigenvalue weighted by molar-refractivity contribution is 6.08. The van der Waals surface area contributed by atoms with E-state index in [0.717, 1.165) is 5.56 Å². The number of hydrogen-bond donors (Lipinski definition) is 0. The molecule has 0 aliphatic carbocycles. The van der Waals surface area contributed by atoms with E-state index in [1.807, 2.05) is 62.0 Å². The Hall–Kier alpha value is -2.69. The van der Waals surface area contributed by atoms with E-state index in [2.05, 4.69) is 10.1 Å². The van der Waals surface area contributed by atoms with Crippen molar-refractivity contribution in [2.45, 2.75) is 27.3 Å². The summed E-state index contributed by atoms with van der Waals surface area (Å²) in [4.78, 5) is 16.2. The van der Waals surface area contributed by atoms with Crippen molar-refractivity contribution in [3.63, 3.8) is 0 Å². The summed E-state index contributed by atoms with van der Waals surface area (Å²) in [6, 6.07) is 10.1. The molecule has 0 N–H and O–H groups in total. The lowest BCUT2D eigenvalue weighted by Crippen LogP contribution is -2.21. The van der Waals surface area contributed by atoms with Crippen LogP contribution in [-0.2, 0) is 16.1 Å². The predicted molar refractivity (Wildman–Crippen MR) is 88.7 cm³/mol.